The lowest BCUT2D eigenvalue weighted by atomic mass is 9.96. The molecule has 1 fully saturated rings. The minimum absolute atomic E-state index is 0.0571. The first kappa shape index (κ1) is 14.9. The van der Waals surface area contributed by atoms with Crippen molar-refractivity contribution in [3.05, 3.63) is 22.8 Å². The summed E-state index contributed by atoms with van der Waals surface area (Å²) in [5.41, 5.74) is 5.66. The summed E-state index contributed by atoms with van der Waals surface area (Å²) in [5.74, 6) is -1.61. The van der Waals surface area contributed by atoms with Crippen LogP contribution < -0.4 is 5.73 Å². The van der Waals surface area contributed by atoms with Gasteiger partial charge in [0, 0.05) is 19.3 Å². The molecule has 8 heteroatoms. The van der Waals surface area contributed by atoms with Gasteiger partial charge >= 0.3 is 6.18 Å². The molecule has 0 atom stereocenters. The van der Waals surface area contributed by atoms with Crippen LogP contribution >= 0.6 is 11.6 Å². The first-order valence-corrected chi connectivity index (χ1v) is 6.44. The number of nitrogen functional groups attached to an aromatic ring is 1. The molecule has 20 heavy (non-hydrogen) atoms. The SMILES string of the molecule is Nc1cc(C(=O)N2CCC(C(F)(F)F)CC2)c(Cl)cn1. The second-order valence-electron chi connectivity index (χ2n) is 4.70. The number of aromatic nitrogens is 1. The van der Waals surface area contributed by atoms with Crippen molar-refractivity contribution in [3.63, 3.8) is 0 Å². The smallest absolute Gasteiger partial charge is 0.384 e. The van der Waals surface area contributed by atoms with Crippen molar-refractivity contribution in [2.45, 2.75) is 19.0 Å². The van der Waals surface area contributed by atoms with E-state index in [9.17, 15) is 18.0 Å². The largest absolute Gasteiger partial charge is 0.391 e. The number of hydrogen-bond acceptors (Lipinski definition) is 3. The van der Waals surface area contributed by atoms with E-state index in [1.807, 2.05) is 0 Å². The summed E-state index contributed by atoms with van der Waals surface area (Å²) in [4.78, 5) is 17.3. The minimum Gasteiger partial charge on any atom is -0.384 e. The van der Waals surface area contributed by atoms with E-state index in [2.05, 4.69) is 4.98 Å². The molecule has 0 unspecified atom stereocenters. The molecule has 1 aromatic rings. The standard InChI is InChI=1S/C12H13ClF3N3O/c13-9-6-18-10(17)5-8(9)11(20)19-3-1-7(2-4-19)12(14,15)16/h5-7H,1-4H2,(H2,17,18). The maximum atomic E-state index is 12.6. The van der Waals surface area contributed by atoms with E-state index in [1.54, 1.807) is 0 Å². The third-order valence-corrected chi connectivity index (χ3v) is 3.65. The normalized spacial score (nSPS) is 17.3. The molecule has 110 valence electrons. The number of amides is 1. The van der Waals surface area contributed by atoms with Crippen LogP contribution in [0.1, 0.15) is 23.2 Å². The van der Waals surface area contributed by atoms with Gasteiger partial charge in [0.25, 0.3) is 5.91 Å². The molecule has 1 saturated heterocycles. The number of rotatable bonds is 1. The summed E-state index contributed by atoms with van der Waals surface area (Å²) < 4.78 is 37.7. The Labute approximate surface area is 118 Å². The summed E-state index contributed by atoms with van der Waals surface area (Å²) in [6.45, 7) is 0.114. The van der Waals surface area contributed by atoms with Crippen molar-refractivity contribution in [1.29, 1.82) is 0 Å². The van der Waals surface area contributed by atoms with Crippen LogP contribution in [-0.2, 0) is 0 Å². The molecule has 0 bridgehead atoms. The second kappa shape index (κ2) is 5.47. The molecule has 2 rings (SSSR count). The van der Waals surface area contributed by atoms with E-state index < -0.39 is 18.0 Å². The van der Waals surface area contributed by atoms with Gasteiger partial charge in [0.2, 0.25) is 0 Å². The number of nitrogens with two attached hydrogens (primary N) is 1. The summed E-state index contributed by atoms with van der Waals surface area (Å²) in [5, 5.41) is 0.141. The molecular formula is C12H13ClF3N3O. The van der Waals surface area contributed by atoms with Gasteiger partial charge in [-0.1, -0.05) is 11.6 Å². The molecule has 2 heterocycles. The molecule has 1 aromatic heterocycles. The van der Waals surface area contributed by atoms with Gasteiger partial charge in [0.05, 0.1) is 16.5 Å². The fraction of sp³-hybridized carbons (Fsp3) is 0.500. The predicted molar refractivity (Wildman–Crippen MR) is 68.3 cm³/mol. The number of pyridine rings is 1. The molecule has 0 aliphatic carbocycles. The lowest BCUT2D eigenvalue weighted by Gasteiger charge is -2.33. The summed E-state index contributed by atoms with van der Waals surface area (Å²) in [6, 6.07) is 1.33. The zero-order valence-electron chi connectivity index (χ0n) is 10.5. The van der Waals surface area contributed by atoms with Gasteiger partial charge in [-0.25, -0.2) is 4.98 Å². The fourth-order valence-electron chi connectivity index (χ4n) is 2.20. The first-order valence-electron chi connectivity index (χ1n) is 6.06. The number of anilines is 1. The number of halogens is 4. The minimum atomic E-state index is -4.20. The predicted octanol–water partition coefficient (Wildman–Crippen LogP) is 2.73. The van der Waals surface area contributed by atoms with Crippen LogP contribution in [0.5, 0.6) is 0 Å². The van der Waals surface area contributed by atoms with Crippen molar-refractivity contribution < 1.29 is 18.0 Å². The van der Waals surface area contributed by atoms with Crippen LogP contribution in [-0.4, -0.2) is 35.1 Å². The molecule has 1 aliphatic heterocycles. The van der Waals surface area contributed by atoms with Crippen LogP contribution in [0, 0.1) is 5.92 Å². The molecule has 2 N–H and O–H groups in total. The number of carbonyl (C=O) groups excluding carboxylic acids is 1. The number of carbonyl (C=O) groups is 1. The van der Waals surface area contributed by atoms with Gasteiger partial charge in [-0.15, -0.1) is 0 Å². The van der Waals surface area contributed by atoms with E-state index in [0.717, 1.165) is 0 Å². The van der Waals surface area contributed by atoms with E-state index in [-0.39, 0.29) is 42.3 Å². The Kier molecular flexibility index (Phi) is 4.08. The molecule has 0 spiro atoms. The monoisotopic (exact) mass is 307 g/mol. The van der Waals surface area contributed by atoms with Gasteiger partial charge in [-0.2, -0.15) is 13.2 Å². The van der Waals surface area contributed by atoms with Gasteiger partial charge in [-0.05, 0) is 18.9 Å². The maximum absolute atomic E-state index is 12.6. The number of likely N-dealkylation sites (tertiary alicyclic amines) is 1. The topological polar surface area (TPSA) is 59.2 Å². The third kappa shape index (κ3) is 3.15. The fourth-order valence-corrected chi connectivity index (χ4v) is 2.38. The van der Waals surface area contributed by atoms with Crippen LogP contribution in [0.2, 0.25) is 5.02 Å². The van der Waals surface area contributed by atoms with Gasteiger partial charge in [0.1, 0.15) is 5.82 Å². The Morgan fingerprint density at radius 2 is 2.00 bits per heavy atom. The molecule has 4 nitrogen and oxygen atoms in total. The highest BCUT2D eigenvalue weighted by Gasteiger charge is 2.41. The Morgan fingerprint density at radius 3 is 2.55 bits per heavy atom. The molecule has 1 amide bonds. The Bertz CT molecular complexity index is 513. The van der Waals surface area contributed by atoms with Crippen LogP contribution in [0.15, 0.2) is 12.3 Å². The van der Waals surface area contributed by atoms with Crippen molar-refractivity contribution in [2.24, 2.45) is 5.92 Å². The van der Waals surface area contributed by atoms with Crippen molar-refractivity contribution in [1.82, 2.24) is 9.88 Å². The van der Waals surface area contributed by atoms with Crippen molar-refractivity contribution >= 4 is 23.3 Å². The quantitative estimate of drug-likeness (QED) is 0.868. The van der Waals surface area contributed by atoms with Crippen LogP contribution in [0.3, 0.4) is 0 Å². The highest BCUT2D eigenvalue weighted by Crippen LogP contribution is 2.34. The van der Waals surface area contributed by atoms with Crippen LogP contribution in [0.4, 0.5) is 19.0 Å². The Hall–Kier alpha value is -1.50. The van der Waals surface area contributed by atoms with E-state index in [0.29, 0.717) is 0 Å². The zero-order valence-corrected chi connectivity index (χ0v) is 11.2. The molecule has 0 aromatic carbocycles. The number of hydrogen-bond donors (Lipinski definition) is 1. The second-order valence-corrected chi connectivity index (χ2v) is 5.10. The summed E-state index contributed by atoms with van der Waals surface area (Å²) >= 11 is 5.87. The van der Waals surface area contributed by atoms with Crippen molar-refractivity contribution in [3.8, 4) is 0 Å². The van der Waals surface area contributed by atoms with Crippen molar-refractivity contribution in [2.75, 3.05) is 18.8 Å². The van der Waals surface area contributed by atoms with E-state index in [1.165, 1.54) is 17.2 Å². The zero-order chi connectivity index (χ0) is 14.9. The number of nitrogens with zero attached hydrogens (tertiary/aromatic N) is 2. The molecular weight excluding hydrogens is 295 g/mol. The van der Waals surface area contributed by atoms with E-state index in [4.69, 9.17) is 17.3 Å². The number of piperidine rings is 1. The Morgan fingerprint density at radius 1 is 1.40 bits per heavy atom. The Balaban J connectivity index is 2.07. The van der Waals surface area contributed by atoms with Gasteiger partial charge < -0.3 is 10.6 Å². The van der Waals surface area contributed by atoms with Gasteiger partial charge in [0.15, 0.2) is 0 Å². The van der Waals surface area contributed by atoms with E-state index >= 15 is 0 Å². The average molecular weight is 308 g/mol. The summed E-state index contributed by atoms with van der Waals surface area (Å²) in [6.07, 6.45) is -3.12. The van der Waals surface area contributed by atoms with Crippen LogP contribution in [0.25, 0.3) is 0 Å². The molecule has 0 radical (unpaired) electrons. The average Bonchev–Trinajstić information content (AvgIpc) is 2.40. The first-order chi connectivity index (χ1) is 9.29. The lowest BCUT2D eigenvalue weighted by Crippen LogP contribution is -2.42. The van der Waals surface area contributed by atoms with Gasteiger partial charge in [-0.3, -0.25) is 4.79 Å². The lowest BCUT2D eigenvalue weighted by molar-refractivity contribution is -0.183. The highest BCUT2D eigenvalue weighted by molar-refractivity contribution is 6.33. The highest BCUT2D eigenvalue weighted by atomic mass is 35.5. The molecule has 1 aliphatic rings. The summed E-state index contributed by atoms with van der Waals surface area (Å²) in [7, 11) is 0. The number of alkyl halides is 3. The molecule has 0 saturated carbocycles. The maximum Gasteiger partial charge on any atom is 0.391 e. The third-order valence-electron chi connectivity index (χ3n) is 3.35.